The molecule has 2 aromatic carbocycles. The van der Waals surface area contributed by atoms with E-state index >= 15 is 0 Å². The molecule has 0 aliphatic rings. The largest absolute Gasteiger partial charge is 0.478 e. The average molecular weight is 389 g/mol. The summed E-state index contributed by atoms with van der Waals surface area (Å²) in [6.07, 6.45) is 5.73. The lowest BCUT2D eigenvalue weighted by molar-refractivity contribution is 0.0697. The van der Waals surface area contributed by atoms with E-state index in [2.05, 4.69) is 19.9 Å². The minimum Gasteiger partial charge on any atom is -0.478 e. The third-order valence-electron chi connectivity index (χ3n) is 4.67. The Labute approximate surface area is 171 Å². The molecule has 5 nitrogen and oxygen atoms in total. The zero-order valence-corrected chi connectivity index (χ0v) is 17.2. The molecule has 5 heteroatoms. The zero-order chi connectivity index (χ0) is 20.8. The summed E-state index contributed by atoms with van der Waals surface area (Å²) in [5.41, 5.74) is 3.02. The summed E-state index contributed by atoms with van der Waals surface area (Å²) in [6, 6.07) is 15.0. The van der Waals surface area contributed by atoms with E-state index in [4.69, 9.17) is 10.1 Å². The predicted octanol–water partition coefficient (Wildman–Crippen LogP) is 5.01. The standard InChI is InChI=1S/C24H27N3O2/c1-4-5-10-23-25-22(15-17(2)3)26-27(23)16-18-11-13-19(14-12-18)20-8-6-7-9-21(20)24(28)29/h4-9,11-14,17H,10,15-16H2,1-3H3,(H,28,29). The molecule has 0 aliphatic carbocycles. The van der Waals surface area contributed by atoms with Gasteiger partial charge in [0.1, 0.15) is 5.82 Å². The minimum absolute atomic E-state index is 0.309. The lowest BCUT2D eigenvalue weighted by Gasteiger charge is -2.09. The molecule has 3 aromatic rings. The van der Waals surface area contributed by atoms with Gasteiger partial charge in [0.2, 0.25) is 0 Å². The van der Waals surface area contributed by atoms with Crippen molar-refractivity contribution in [1.29, 1.82) is 0 Å². The van der Waals surface area contributed by atoms with Crippen molar-refractivity contribution in [3.63, 3.8) is 0 Å². The van der Waals surface area contributed by atoms with Crippen LogP contribution in [-0.2, 0) is 19.4 Å². The minimum atomic E-state index is -0.918. The highest BCUT2D eigenvalue weighted by atomic mass is 16.4. The van der Waals surface area contributed by atoms with Gasteiger partial charge in [0, 0.05) is 12.8 Å². The van der Waals surface area contributed by atoms with Crippen LogP contribution in [0.25, 0.3) is 11.1 Å². The summed E-state index contributed by atoms with van der Waals surface area (Å²) < 4.78 is 1.97. The van der Waals surface area contributed by atoms with Crippen molar-refractivity contribution < 1.29 is 9.90 Å². The number of aromatic nitrogens is 3. The fourth-order valence-electron chi connectivity index (χ4n) is 3.26. The number of benzene rings is 2. The van der Waals surface area contributed by atoms with Gasteiger partial charge in [-0.2, -0.15) is 5.10 Å². The Bertz CT molecular complexity index is 1000. The number of carboxylic acid groups (broad SMARTS) is 1. The van der Waals surface area contributed by atoms with Crippen LogP contribution >= 0.6 is 0 Å². The van der Waals surface area contributed by atoms with Gasteiger partial charge in [0.15, 0.2) is 5.82 Å². The Morgan fingerprint density at radius 1 is 1.14 bits per heavy atom. The van der Waals surface area contributed by atoms with E-state index in [1.54, 1.807) is 12.1 Å². The van der Waals surface area contributed by atoms with E-state index in [0.29, 0.717) is 18.0 Å². The molecule has 0 aliphatic heterocycles. The second-order valence-electron chi connectivity index (χ2n) is 7.52. The van der Waals surface area contributed by atoms with E-state index in [0.717, 1.165) is 41.2 Å². The number of aromatic carboxylic acids is 1. The first-order valence-electron chi connectivity index (χ1n) is 9.93. The van der Waals surface area contributed by atoms with Crippen LogP contribution in [0.1, 0.15) is 48.3 Å². The van der Waals surface area contributed by atoms with Crippen LogP contribution in [0.4, 0.5) is 0 Å². The summed E-state index contributed by atoms with van der Waals surface area (Å²) >= 11 is 0. The van der Waals surface area contributed by atoms with E-state index in [-0.39, 0.29) is 0 Å². The smallest absolute Gasteiger partial charge is 0.336 e. The van der Waals surface area contributed by atoms with Crippen molar-refractivity contribution in [2.24, 2.45) is 5.92 Å². The third kappa shape index (κ3) is 5.19. The fourth-order valence-corrected chi connectivity index (χ4v) is 3.26. The van der Waals surface area contributed by atoms with Crippen molar-refractivity contribution in [3.05, 3.63) is 83.5 Å². The molecule has 29 heavy (non-hydrogen) atoms. The van der Waals surface area contributed by atoms with Gasteiger partial charge < -0.3 is 5.11 Å². The van der Waals surface area contributed by atoms with Gasteiger partial charge in [-0.15, -0.1) is 0 Å². The molecule has 0 spiro atoms. The van der Waals surface area contributed by atoms with Gasteiger partial charge >= 0.3 is 5.97 Å². The van der Waals surface area contributed by atoms with E-state index in [1.807, 2.05) is 54.1 Å². The molecule has 0 saturated heterocycles. The summed E-state index contributed by atoms with van der Waals surface area (Å²) in [5.74, 6) is 1.43. The molecule has 3 rings (SSSR count). The molecule has 0 amide bonds. The summed E-state index contributed by atoms with van der Waals surface area (Å²) in [6.45, 7) is 6.97. The van der Waals surface area contributed by atoms with Gasteiger partial charge in [0.05, 0.1) is 12.1 Å². The fraction of sp³-hybridized carbons (Fsp3) is 0.292. The molecule has 0 atom stereocenters. The number of rotatable bonds is 8. The van der Waals surface area contributed by atoms with E-state index in [9.17, 15) is 9.90 Å². The van der Waals surface area contributed by atoms with Gasteiger partial charge in [-0.1, -0.05) is 68.5 Å². The van der Waals surface area contributed by atoms with Gasteiger partial charge in [-0.25, -0.2) is 14.5 Å². The van der Waals surface area contributed by atoms with Crippen molar-refractivity contribution in [3.8, 4) is 11.1 Å². The Kier molecular flexibility index (Phi) is 6.60. The van der Waals surface area contributed by atoms with Crippen LogP contribution < -0.4 is 0 Å². The number of nitrogens with zero attached hydrogens (tertiary/aromatic N) is 3. The quantitative estimate of drug-likeness (QED) is 0.550. The summed E-state index contributed by atoms with van der Waals surface area (Å²) in [4.78, 5) is 16.2. The first-order chi connectivity index (χ1) is 14.0. The summed E-state index contributed by atoms with van der Waals surface area (Å²) in [7, 11) is 0. The van der Waals surface area contributed by atoms with Crippen LogP contribution in [0.3, 0.4) is 0 Å². The molecule has 1 heterocycles. The molecule has 1 N–H and O–H groups in total. The zero-order valence-electron chi connectivity index (χ0n) is 17.2. The molecule has 1 aromatic heterocycles. The van der Waals surface area contributed by atoms with Crippen LogP contribution in [-0.4, -0.2) is 25.8 Å². The Morgan fingerprint density at radius 2 is 1.86 bits per heavy atom. The van der Waals surface area contributed by atoms with E-state index < -0.39 is 5.97 Å². The second-order valence-corrected chi connectivity index (χ2v) is 7.52. The second kappa shape index (κ2) is 9.32. The highest BCUT2D eigenvalue weighted by Crippen LogP contribution is 2.24. The monoisotopic (exact) mass is 389 g/mol. The van der Waals surface area contributed by atoms with E-state index in [1.165, 1.54) is 0 Å². The molecular formula is C24H27N3O2. The topological polar surface area (TPSA) is 68.0 Å². The molecule has 150 valence electrons. The molecular weight excluding hydrogens is 362 g/mol. The van der Waals surface area contributed by atoms with Gasteiger partial charge in [-0.3, -0.25) is 0 Å². The number of carbonyl (C=O) groups is 1. The first kappa shape index (κ1) is 20.5. The lowest BCUT2D eigenvalue weighted by atomic mass is 9.99. The molecule has 0 saturated carbocycles. The van der Waals surface area contributed by atoms with Crippen LogP contribution in [0, 0.1) is 5.92 Å². The number of hydrogen-bond acceptors (Lipinski definition) is 3. The SMILES string of the molecule is CC=CCc1nc(CC(C)C)nn1Cc1ccc(-c2ccccc2C(=O)O)cc1. The number of allylic oxidation sites excluding steroid dienone is 2. The average Bonchev–Trinajstić information content (AvgIpc) is 3.07. The van der Waals surface area contributed by atoms with Crippen molar-refractivity contribution in [2.45, 2.75) is 40.2 Å². The maximum Gasteiger partial charge on any atom is 0.336 e. The molecule has 0 bridgehead atoms. The van der Waals surface area contributed by atoms with Gasteiger partial charge in [0.25, 0.3) is 0 Å². The highest BCUT2D eigenvalue weighted by molar-refractivity contribution is 5.95. The summed E-state index contributed by atoms with van der Waals surface area (Å²) in [5, 5.41) is 14.1. The highest BCUT2D eigenvalue weighted by Gasteiger charge is 2.13. The maximum atomic E-state index is 11.5. The number of carboxylic acids is 1. The Morgan fingerprint density at radius 3 is 2.52 bits per heavy atom. The molecule has 0 unspecified atom stereocenters. The normalized spacial score (nSPS) is 11.4. The first-order valence-corrected chi connectivity index (χ1v) is 9.93. The molecule has 0 radical (unpaired) electrons. The Hall–Kier alpha value is -3.21. The lowest BCUT2D eigenvalue weighted by Crippen LogP contribution is -2.07. The third-order valence-corrected chi connectivity index (χ3v) is 4.67. The molecule has 0 fully saturated rings. The van der Waals surface area contributed by atoms with Crippen LogP contribution in [0.5, 0.6) is 0 Å². The van der Waals surface area contributed by atoms with Crippen LogP contribution in [0.2, 0.25) is 0 Å². The van der Waals surface area contributed by atoms with Crippen LogP contribution in [0.15, 0.2) is 60.7 Å². The van der Waals surface area contributed by atoms with Crippen molar-refractivity contribution in [1.82, 2.24) is 14.8 Å². The Balaban J connectivity index is 1.84. The van der Waals surface area contributed by atoms with Gasteiger partial charge in [-0.05, 0) is 35.6 Å². The number of hydrogen-bond donors (Lipinski definition) is 1. The van der Waals surface area contributed by atoms with Crippen molar-refractivity contribution >= 4 is 5.97 Å². The predicted molar refractivity (Wildman–Crippen MR) is 115 cm³/mol. The maximum absolute atomic E-state index is 11.5. The van der Waals surface area contributed by atoms with Crippen molar-refractivity contribution in [2.75, 3.05) is 0 Å².